The van der Waals surface area contributed by atoms with E-state index in [-0.39, 0.29) is 0 Å². The molecule has 1 aromatic carbocycles. The Morgan fingerprint density at radius 2 is 2.20 bits per heavy atom. The number of aliphatic imine (C=N–C) groups is 1. The van der Waals surface area contributed by atoms with Gasteiger partial charge in [-0.15, -0.1) is 6.58 Å². The third-order valence-corrected chi connectivity index (χ3v) is 3.19. The lowest BCUT2D eigenvalue weighted by atomic mass is 10.2. The standard InChI is InChI=1S/C15H19N3O2/c1-2-7-16-15(18-12-4-5-12)17-9-11-3-6-13-14(8-11)20-10-19-13/h2-3,6,8,12H,1,4-5,7,9-10H2,(H2,16,17,18). The molecule has 2 aliphatic rings. The van der Waals surface area contributed by atoms with Crippen molar-refractivity contribution in [1.82, 2.24) is 10.6 Å². The topological polar surface area (TPSA) is 54.9 Å². The maximum atomic E-state index is 5.37. The second kappa shape index (κ2) is 5.86. The maximum absolute atomic E-state index is 5.37. The summed E-state index contributed by atoms with van der Waals surface area (Å²) in [6.07, 6.45) is 4.27. The summed E-state index contributed by atoms with van der Waals surface area (Å²) in [5, 5.41) is 6.61. The van der Waals surface area contributed by atoms with Crippen LogP contribution in [0.15, 0.2) is 35.8 Å². The van der Waals surface area contributed by atoms with E-state index in [1.165, 1.54) is 12.8 Å². The first kappa shape index (κ1) is 12.8. The van der Waals surface area contributed by atoms with Crippen LogP contribution in [-0.2, 0) is 6.54 Å². The third-order valence-electron chi connectivity index (χ3n) is 3.19. The predicted octanol–water partition coefficient (Wildman–Crippen LogP) is 1.80. The molecule has 3 rings (SSSR count). The van der Waals surface area contributed by atoms with E-state index >= 15 is 0 Å². The smallest absolute Gasteiger partial charge is 0.231 e. The fraction of sp³-hybridized carbons (Fsp3) is 0.400. The third kappa shape index (κ3) is 3.23. The number of nitrogens with one attached hydrogen (secondary N) is 2. The molecular weight excluding hydrogens is 254 g/mol. The lowest BCUT2D eigenvalue weighted by Gasteiger charge is -2.10. The lowest BCUT2D eigenvalue weighted by Crippen LogP contribution is -2.38. The van der Waals surface area contributed by atoms with E-state index in [0.717, 1.165) is 23.0 Å². The highest BCUT2D eigenvalue weighted by molar-refractivity contribution is 5.80. The Labute approximate surface area is 118 Å². The highest BCUT2D eigenvalue weighted by atomic mass is 16.7. The molecule has 20 heavy (non-hydrogen) atoms. The average molecular weight is 273 g/mol. The first-order valence-corrected chi connectivity index (χ1v) is 6.89. The summed E-state index contributed by atoms with van der Waals surface area (Å²) in [6.45, 7) is 5.33. The van der Waals surface area contributed by atoms with Gasteiger partial charge in [-0.25, -0.2) is 4.99 Å². The summed E-state index contributed by atoms with van der Waals surface area (Å²) in [4.78, 5) is 4.59. The number of ether oxygens (including phenoxy) is 2. The molecule has 1 aromatic rings. The summed E-state index contributed by atoms with van der Waals surface area (Å²) >= 11 is 0. The monoisotopic (exact) mass is 273 g/mol. The van der Waals surface area contributed by atoms with Crippen molar-refractivity contribution < 1.29 is 9.47 Å². The molecule has 1 aliphatic carbocycles. The molecule has 1 heterocycles. The van der Waals surface area contributed by atoms with E-state index < -0.39 is 0 Å². The van der Waals surface area contributed by atoms with Gasteiger partial charge in [0.05, 0.1) is 6.54 Å². The molecule has 0 unspecified atom stereocenters. The van der Waals surface area contributed by atoms with Crippen LogP contribution in [0.3, 0.4) is 0 Å². The summed E-state index contributed by atoms with van der Waals surface area (Å²) in [7, 11) is 0. The van der Waals surface area contributed by atoms with Crippen molar-refractivity contribution in [2.45, 2.75) is 25.4 Å². The van der Waals surface area contributed by atoms with Crippen LogP contribution in [-0.4, -0.2) is 25.3 Å². The molecule has 1 fully saturated rings. The fourth-order valence-corrected chi connectivity index (χ4v) is 1.95. The summed E-state index contributed by atoms with van der Waals surface area (Å²) in [5.74, 6) is 2.44. The molecule has 1 saturated carbocycles. The molecule has 0 amide bonds. The Bertz CT molecular complexity index is 524. The molecule has 0 saturated heterocycles. The number of fused-ring (bicyclic) bond motifs is 1. The van der Waals surface area contributed by atoms with Gasteiger partial charge in [-0.2, -0.15) is 0 Å². The van der Waals surface area contributed by atoms with Crippen molar-refractivity contribution in [2.75, 3.05) is 13.3 Å². The minimum Gasteiger partial charge on any atom is -0.454 e. The maximum Gasteiger partial charge on any atom is 0.231 e. The van der Waals surface area contributed by atoms with E-state index in [9.17, 15) is 0 Å². The van der Waals surface area contributed by atoms with Crippen LogP contribution in [0.4, 0.5) is 0 Å². The van der Waals surface area contributed by atoms with Gasteiger partial charge in [0.2, 0.25) is 6.79 Å². The predicted molar refractivity (Wildman–Crippen MR) is 78.1 cm³/mol. The number of hydrogen-bond donors (Lipinski definition) is 2. The Hall–Kier alpha value is -2.17. The first-order chi connectivity index (χ1) is 9.85. The van der Waals surface area contributed by atoms with Crippen molar-refractivity contribution in [2.24, 2.45) is 4.99 Å². The Balaban J connectivity index is 1.64. The molecule has 0 bridgehead atoms. The van der Waals surface area contributed by atoms with Crippen molar-refractivity contribution in [1.29, 1.82) is 0 Å². The molecule has 2 N–H and O–H groups in total. The van der Waals surface area contributed by atoms with Crippen LogP contribution in [0.5, 0.6) is 11.5 Å². The van der Waals surface area contributed by atoms with Gasteiger partial charge in [0, 0.05) is 12.6 Å². The Morgan fingerprint density at radius 1 is 1.35 bits per heavy atom. The molecule has 1 aliphatic heterocycles. The van der Waals surface area contributed by atoms with E-state index in [1.807, 2.05) is 24.3 Å². The highest BCUT2D eigenvalue weighted by Crippen LogP contribution is 2.32. The molecule has 0 atom stereocenters. The number of nitrogens with zero attached hydrogens (tertiary/aromatic N) is 1. The molecule has 5 heteroatoms. The Kier molecular flexibility index (Phi) is 3.76. The summed E-state index contributed by atoms with van der Waals surface area (Å²) < 4.78 is 10.7. The van der Waals surface area contributed by atoms with E-state index in [4.69, 9.17) is 9.47 Å². The van der Waals surface area contributed by atoms with Crippen molar-refractivity contribution in [3.8, 4) is 11.5 Å². The number of hydrogen-bond acceptors (Lipinski definition) is 3. The normalized spacial score (nSPS) is 16.9. The van der Waals surface area contributed by atoms with Crippen LogP contribution in [0.25, 0.3) is 0 Å². The average Bonchev–Trinajstić information content (AvgIpc) is 3.16. The second-order valence-corrected chi connectivity index (χ2v) is 4.94. The fourth-order valence-electron chi connectivity index (χ4n) is 1.95. The molecule has 106 valence electrons. The highest BCUT2D eigenvalue weighted by Gasteiger charge is 2.22. The quantitative estimate of drug-likeness (QED) is 0.488. The van der Waals surface area contributed by atoms with E-state index in [1.54, 1.807) is 0 Å². The lowest BCUT2D eigenvalue weighted by molar-refractivity contribution is 0.174. The SMILES string of the molecule is C=CCNC(=NCc1ccc2c(c1)OCO2)NC1CC1. The largest absolute Gasteiger partial charge is 0.454 e. The Morgan fingerprint density at radius 3 is 3.00 bits per heavy atom. The molecule has 0 aromatic heterocycles. The zero-order chi connectivity index (χ0) is 13.8. The van der Waals surface area contributed by atoms with Crippen molar-refractivity contribution >= 4 is 5.96 Å². The molecular formula is C15H19N3O2. The van der Waals surface area contributed by atoms with Gasteiger partial charge < -0.3 is 20.1 Å². The van der Waals surface area contributed by atoms with Gasteiger partial charge in [0.1, 0.15) is 0 Å². The van der Waals surface area contributed by atoms with Crippen molar-refractivity contribution in [3.63, 3.8) is 0 Å². The second-order valence-electron chi connectivity index (χ2n) is 4.94. The zero-order valence-corrected chi connectivity index (χ0v) is 11.4. The van der Waals surface area contributed by atoms with Gasteiger partial charge in [-0.3, -0.25) is 0 Å². The minimum atomic E-state index is 0.303. The van der Waals surface area contributed by atoms with E-state index in [2.05, 4.69) is 22.2 Å². The molecule has 5 nitrogen and oxygen atoms in total. The zero-order valence-electron chi connectivity index (χ0n) is 11.4. The van der Waals surface area contributed by atoms with Crippen LogP contribution < -0.4 is 20.1 Å². The first-order valence-electron chi connectivity index (χ1n) is 6.89. The molecule has 0 radical (unpaired) electrons. The van der Waals surface area contributed by atoms with Gasteiger partial charge in [-0.05, 0) is 30.5 Å². The van der Waals surface area contributed by atoms with Crippen molar-refractivity contribution in [3.05, 3.63) is 36.4 Å². The van der Waals surface area contributed by atoms with Crippen LogP contribution >= 0.6 is 0 Å². The summed E-state index contributed by atoms with van der Waals surface area (Å²) in [5.41, 5.74) is 1.10. The van der Waals surface area contributed by atoms with Gasteiger partial charge in [-0.1, -0.05) is 12.1 Å². The van der Waals surface area contributed by atoms with Crippen LogP contribution in [0.2, 0.25) is 0 Å². The van der Waals surface area contributed by atoms with Crippen LogP contribution in [0.1, 0.15) is 18.4 Å². The van der Waals surface area contributed by atoms with Gasteiger partial charge in [0.15, 0.2) is 17.5 Å². The number of benzene rings is 1. The van der Waals surface area contributed by atoms with Crippen LogP contribution in [0, 0.1) is 0 Å². The van der Waals surface area contributed by atoms with Gasteiger partial charge >= 0.3 is 0 Å². The number of guanidine groups is 1. The number of rotatable bonds is 5. The summed E-state index contributed by atoms with van der Waals surface area (Å²) in [6, 6.07) is 6.49. The van der Waals surface area contributed by atoms with E-state index in [0.29, 0.717) is 25.9 Å². The minimum absolute atomic E-state index is 0.303. The van der Waals surface area contributed by atoms with Gasteiger partial charge in [0.25, 0.3) is 0 Å². The molecule has 0 spiro atoms.